The maximum atomic E-state index is 13.0. The van der Waals surface area contributed by atoms with E-state index in [0.29, 0.717) is 0 Å². The summed E-state index contributed by atoms with van der Waals surface area (Å²) in [6.07, 6.45) is 2.96. The Bertz CT molecular complexity index is 218. The van der Waals surface area contributed by atoms with Crippen LogP contribution in [0, 0.1) is 5.21 Å². The van der Waals surface area contributed by atoms with E-state index < -0.39 is 4.81 Å². The summed E-state index contributed by atoms with van der Waals surface area (Å²) < 4.78 is 0. The predicted octanol–water partition coefficient (Wildman–Crippen LogP) is 3.38. The summed E-state index contributed by atoms with van der Waals surface area (Å²) in [6.45, 7) is 11.9. The van der Waals surface area contributed by atoms with Gasteiger partial charge in [-0.2, -0.15) is 4.84 Å². The second kappa shape index (κ2) is 3.72. The smallest absolute Gasteiger partial charge is 0.123 e. The molecule has 1 aliphatic heterocycles. The van der Waals surface area contributed by atoms with Crippen LogP contribution in [0.15, 0.2) is 0 Å². The van der Waals surface area contributed by atoms with Gasteiger partial charge in [0.1, 0.15) is 17.2 Å². The van der Waals surface area contributed by atoms with Gasteiger partial charge in [-0.1, -0.05) is 0 Å². The zero-order chi connectivity index (χ0) is 11.9. The molecule has 0 aromatic rings. The molecule has 1 heterocycles. The van der Waals surface area contributed by atoms with Gasteiger partial charge < -0.3 is 5.21 Å². The van der Waals surface area contributed by atoms with Gasteiger partial charge in [-0.25, -0.2) is 4.81 Å². The topological polar surface area (TPSA) is 32.3 Å². The fourth-order valence-electron chi connectivity index (χ4n) is 2.65. The van der Waals surface area contributed by atoms with Crippen LogP contribution in [0.25, 0.3) is 0 Å². The number of hydrogen-bond donors (Lipinski definition) is 0. The lowest BCUT2D eigenvalue weighted by molar-refractivity contribution is -1.14. The SMILES string of the molecule is CC(C)O[N+]1([O-])C(C)(C)CCCC1(C)C. The highest BCUT2D eigenvalue weighted by molar-refractivity contribution is 4.84. The van der Waals surface area contributed by atoms with Crippen molar-refractivity contribution < 1.29 is 9.65 Å². The van der Waals surface area contributed by atoms with Crippen LogP contribution in [0.3, 0.4) is 0 Å². The van der Waals surface area contributed by atoms with Crippen LogP contribution >= 0.6 is 0 Å². The number of hydrogen-bond acceptors (Lipinski definition) is 2. The van der Waals surface area contributed by atoms with Gasteiger partial charge in [0, 0.05) is 12.8 Å². The predicted molar refractivity (Wildman–Crippen MR) is 61.9 cm³/mol. The van der Waals surface area contributed by atoms with E-state index in [1.807, 2.05) is 41.5 Å². The molecule has 3 nitrogen and oxygen atoms in total. The van der Waals surface area contributed by atoms with Crippen LogP contribution in [-0.2, 0) is 4.84 Å². The highest BCUT2D eigenvalue weighted by atomic mass is 16.9. The quantitative estimate of drug-likeness (QED) is 0.522. The molecule has 0 aromatic heterocycles. The molecule has 0 saturated carbocycles. The van der Waals surface area contributed by atoms with Crippen molar-refractivity contribution in [3.8, 4) is 0 Å². The minimum atomic E-state index is -0.516. The Kier molecular flexibility index (Phi) is 3.21. The molecule has 90 valence electrons. The highest BCUT2D eigenvalue weighted by Gasteiger charge is 2.53. The molecule has 1 saturated heterocycles. The maximum Gasteiger partial charge on any atom is 0.123 e. The molecule has 3 heteroatoms. The van der Waals surface area contributed by atoms with Gasteiger partial charge in [-0.15, -0.1) is 0 Å². The fourth-order valence-corrected chi connectivity index (χ4v) is 2.65. The number of quaternary nitrogens is 1. The fraction of sp³-hybridized carbons (Fsp3) is 1.00. The standard InChI is InChI=1S/C12H25NO2/c1-10(2)15-13(14)11(3,4)8-7-9-12(13,5)6/h10H,7-9H2,1-6H3. The molecule has 0 unspecified atom stereocenters. The second-order valence-corrected chi connectivity index (χ2v) is 6.18. The first-order valence-electron chi connectivity index (χ1n) is 5.91. The first kappa shape index (κ1) is 12.9. The second-order valence-electron chi connectivity index (χ2n) is 6.18. The molecule has 0 radical (unpaired) electrons. The molecule has 0 bridgehead atoms. The van der Waals surface area contributed by atoms with Crippen molar-refractivity contribution in [2.45, 2.75) is 78.0 Å². The van der Waals surface area contributed by atoms with Crippen molar-refractivity contribution in [2.75, 3.05) is 0 Å². The van der Waals surface area contributed by atoms with Crippen molar-refractivity contribution in [1.82, 2.24) is 0 Å². The molecule has 0 amide bonds. The summed E-state index contributed by atoms with van der Waals surface area (Å²) in [6, 6.07) is 0. The Morgan fingerprint density at radius 2 is 1.47 bits per heavy atom. The Morgan fingerprint density at radius 1 is 1.07 bits per heavy atom. The number of rotatable bonds is 2. The molecule has 15 heavy (non-hydrogen) atoms. The third-order valence-corrected chi connectivity index (χ3v) is 3.53. The largest absolute Gasteiger partial charge is 0.597 e. The Labute approximate surface area is 93.5 Å². The average Bonchev–Trinajstić information content (AvgIpc) is 1.99. The monoisotopic (exact) mass is 215 g/mol. The van der Waals surface area contributed by atoms with Gasteiger partial charge in [0.25, 0.3) is 0 Å². The normalized spacial score (nSPS) is 28.0. The van der Waals surface area contributed by atoms with Gasteiger partial charge in [-0.05, 0) is 48.0 Å². The van der Waals surface area contributed by atoms with Crippen molar-refractivity contribution in [3.63, 3.8) is 0 Å². The van der Waals surface area contributed by atoms with Crippen molar-refractivity contribution in [3.05, 3.63) is 5.21 Å². The molecule has 1 aliphatic rings. The summed E-state index contributed by atoms with van der Waals surface area (Å²) in [5.74, 6) is 0. The van der Waals surface area contributed by atoms with Gasteiger partial charge in [0.05, 0.1) is 0 Å². The minimum absolute atomic E-state index is 0.0286. The summed E-state index contributed by atoms with van der Waals surface area (Å²) >= 11 is 0. The maximum absolute atomic E-state index is 13.0. The van der Waals surface area contributed by atoms with Crippen LogP contribution < -0.4 is 0 Å². The number of nitrogens with zero attached hydrogens (tertiary/aromatic N) is 1. The van der Waals surface area contributed by atoms with Gasteiger partial charge in [0.2, 0.25) is 0 Å². The molecule has 0 N–H and O–H groups in total. The lowest BCUT2D eigenvalue weighted by Crippen LogP contribution is -2.70. The van der Waals surface area contributed by atoms with Crippen LogP contribution in [-0.4, -0.2) is 22.0 Å². The van der Waals surface area contributed by atoms with E-state index >= 15 is 0 Å². The lowest BCUT2D eigenvalue weighted by atomic mass is 9.81. The van der Waals surface area contributed by atoms with E-state index in [2.05, 4.69) is 0 Å². The third kappa shape index (κ3) is 2.05. The molecule has 0 aromatic carbocycles. The van der Waals surface area contributed by atoms with E-state index in [0.717, 1.165) is 19.3 Å². The van der Waals surface area contributed by atoms with Gasteiger partial charge >= 0.3 is 0 Å². The number of hydroxylamine groups is 4. The van der Waals surface area contributed by atoms with E-state index in [1.165, 1.54) is 0 Å². The zero-order valence-corrected chi connectivity index (χ0v) is 11.0. The van der Waals surface area contributed by atoms with E-state index in [4.69, 9.17) is 4.84 Å². The summed E-state index contributed by atoms with van der Waals surface area (Å²) in [4.78, 5) is 5.17. The molecular formula is C12H25NO2. The highest BCUT2D eigenvalue weighted by Crippen LogP contribution is 2.45. The molecule has 1 fully saturated rings. The summed E-state index contributed by atoms with van der Waals surface area (Å²) in [7, 11) is 0. The first-order valence-corrected chi connectivity index (χ1v) is 5.91. The Balaban J connectivity index is 3.04. The summed E-state index contributed by atoms with van der Waals surface area (Å²) in [5.41, 5.74) is -0.682. The van der Waals surface area contributed by atoms with Crippen molar-refractivity contribution >= 4 is 0 Å². The molecule has 0 aliphatic carbocycles. The molecular weight excluding hydrogens is 190 g/mol. The Morgan fingerprint density at radius 3 is 1.80 bits per heavy atom. The van der Waals surface area contributed by atoms with Crippen LogP contribution in [0.4, 0.5) is 0 Å². The lowest BCUT2D eigenvalue weighted by Gasteiger charge is -2.62. The van der Waals surface area contributed by atoms with Gasteiger partial charge in [0.15, 0.2) is 0 Å². The molecule has 0 spiro atoms. The molecule has 0 atom stereocenters. The van der Waals surface area contributed by atoms with Crippen molar-refractivity contribution in [1.29, 1.82) is 0 Å². The number of piperidine rings is 1. The Hall–Kier alpha value is -0.120. The van der Waals surface area contributed by atoms with E-state index in [9.17, 15) is 5.21 Å². The van der Waals surface area contributed by atoms with Gasteiger partial charge in [-0.3, -0.25) is 0 Å². The zero-order valence-electron chi connectivity index (χ0n) is 11.0. The van der Waals surface area contributed by atoms with Crippen molar-refractivity contribution in [2.24, 2.45) is 0 Å². The average molecular weight is 215 g/mol. The minimum Gasteiger partial charge on any atom is -0.597 e. The van der Waals surface area contributed by atoms with E-state index in [-0.39, 0.29) is 17.2 Å². The van der Waals surface area contributed by atoms with E-state index in [1.54, 1.807) is 0 Å². The summed E-state index contributed by atoms with van der Waals surface area (Å²) in [5, 5.41) is 13.0. The van der Waals surface area contributed by atoms with Crippen LogP contribution in [0.5, 0.6) is 0 Å². The first-order chi connectivity index (χ1) is 6.62. The third-order valence-electron chi connectivity index (χ3n) is 3.53. The van der Waals surface area contributed by atoms with Crippen LogP contribution in [0.2, 0.25) is 0 Å². The van der Waals surface area contributed by atoms with Crippen LogP contribution in [0.1, 0.15) is 60.8 Å². The molecule has 1 rings (SSSR count).